The zero-order chi connectivity index (χ0) is 11.8. The third-order valence-electron chi connectivity index (χ3n) is 2.67. The Kier molecular flexibility index (Phi) is 2.46. The van der Waals surface area contributed by atoms with Crippen LogP contribution in [0.15, 0.2) is 48.2 Å². The summed E-state index contributed by atoms with van der Waals surface area (Å²) in [6.45, 7) is 0. The smallest absolute Gasteiger partial charge is 0.143 e. The number of nitrogen functional groups attached to an aromatic ring is 1. The van der Waals surface area contributed by atoms with E-state index in [4.69, 9.17) is 17.2 Å². The average Bonchev–Trinajstić information content (AvgIpc) is 2.22. The summed E-state index contributed by atoms with van der Waals surface area (Å²) in [7, 11) is 0. The number of benzene rings is 1. The molecule has 0 aromatic heterocycles. The Bertz CT molecular complexity index is 463. The summed E-state index contributed by atoms with van der Waals surface area (Å²) in [5.41, 5.74) is 17.8. The van der Waals surface area contributed by atoms with E-state index in [1.807, 2.05) is 12.1 Å². The van der Waals surface area contributed by atoms with E-state index in [1.54, 1.807) is 24.3 Å². The Labute approximate surface area is 94.0 Å². The first-order valence-electron chi connectivity index (χ1n) is 5.02. The van der Waals surface area contributed by atoms with Gasteiger partial charge in [0.05, 0.1) is 5.92 Å². The molecular formula is C12H15N3O. The van der Waals surface area contributed by atoms with E-state index >= 15 is 0 Å². The van der Waals surface area contributed by atoms with Crippen LogP contribution in [0.1, 0.15) is 11.5 Å². The van der Waals surface area contributed by atoms with Crippen LogP contribution in [0.4, 0.5) is 5.69 Å². The highest BCUT2D eigenvalue weighted by Crippen LogP contribution is 2.31. The lowest BCUT2D eigenvalue weighted by Gasteiger charge is -2.31. The maximum Gasteiger partial charge on any atom is 0.143 e. The molecule has 84 valence electrons. The first kappa shape index (κ1) is 10.7. The maximum atomic E-state index is 10.0. The minimum Gasteiger partial charge on any atom is -0.399 e. The lowest BCUT2D eigenvalue weighted by molar-refractivity contribution is 0.0810. The summed E-state index contributed by atoms with van der Waals surface area (Å²) in [6, 6.07) is 7.25. The number of nitrogens with two attached hydrogens (primary N) is 3. The molecule has 1 aliphatic rings. The number of hydrogen-bond donors (Lipinski definition) is 4. The lowest BCUT2D eigenvalue weighted by atomic mass is 9.84. The standard InChI is InChI=1S/C12H15N3O/c13-9-3-1-2-8(6-9)11-7-10(14)4-5-12(11,15)16/h1-7,11,16H,13-15H2. The molecule has 0 fully saturated rings. The van der Waals surface area contributed by atoms with Gasteiger partial charge in [-0.2, -0.15) is 0 Å². The topological polar surface area (TPSA) is 98.3 Å². The van der Waals surface area contributed by atoms with Crippen molar-refractivity contribution < 1.29 is 5.11 Å². The van der Waals surface area contributed by atoms with Gasteiger partial charge >= 0.3 is 0 Å². The van der Waals surface area contributed by atoms with Crippen LogP contribution in [0.3, 0.4) is 0 Å². The highest BCUT2D eigenvalue weighted by molar-refractivity contribution is 5.46. The van der Waals surface area contributed by atoms with Crippen molar-refractivity contribution in [2.24, 2.45) is 11.5 Å². The van der Waals surface area contributed by atoms with Crippen molar-refractivity contribution in [2.45, 2.75) is 11.6 Å². The van der Waals surface area contributed by atoms with Crippen LogP contribution in [-0.2, 0) is 0 Å². The van der Waals surface area contributed by atoms with Crippen molar-refractivity contribution in [1.82, 2.24) is 0 Å². The highest BCUT2D eigenvalue weighted by Gasteiger charge is 2.32. The Hall–Kier alpha value is -1.78. The molecule has 4 nitrogen and oxygen atoms in total. The number of rotatable bonds is 1. The van der Waals surface area contributed by atoms with Gasteiger partial charge in [0.2, 0.25) is 0 Å². The zero-order valence-electron chi connectivity index (χ0n) is 8.80. The Morgan fingerprint density at radius 3 is 2.69 bits per heavy atom. The fourth-order valence-electron chi connectivity index (χ4n) is 1.83. The second-order valence-corrected chi connectivity index (χ2v) is 4.04. The van der Waals surface area contributed by atoms with Gasteiger partial charge in [0, 0.05) is 11.4 Å². The fourth-order valence-corrected chi connectivity index (χ4v) is 1.83. The molecule has 0 heterocycles. The van der Waals surface area contributed by atoms with Gasteiger partial charge in [-0.05, 0) is 35.9 Å². The second-order valence-electron chi connectivity index (χ2n) is 4.04. The first-order chi connectivity index (χ1) is 7.49. The molecule has 0 bridgehead atoms. The Morgan fingerprint density at radius 1 is 1.25 bits per heavy atom. The predicted octanol–water partition coefficient (Wildman–Crippen LogP) is 0.412. The molecule has 0 saturated heterocycles. The summed E-state index contributed by atoms with van der Waals surface area (Å²) < 4.78 is 0. The zero-order valence-corrected chi connectivity index (χ0v) is 8.80. The largest absolute Gasteiger partial charge is 0.399 e. The SMILES string of the molecule is NC1=CC(c2cccc(N)c2)C(N)(O)C=C1. The third-order valence-corrected chi connectivity index (χ3v) is 2.67. The van der Waals surface area contributed by atoms with E-state index in [2.05, 4.69) is 0 Å². The minimum atomic E-state index is -1.42. The van der Waals surface area contributed by atoms with Crippen LogP contribution in [0, 0.1) is 0 Å². The van der Waals surface area contributed by atoms with Crippen LogP contribution in [0.25, 0.3) is 0 Å². The second kappa shape index (κ2) is 3.66. The van der Waals surface area contributed by atoms with Crippen LogP contribution in [0.5, 0.6) is 0 Å². The summed E-state index contributed by atoms with van der Waals surface area (Å²) in [5, 5.41) is 10.0. The quantitative estimate of drug-likeness (QED) is 0.404. The van der Waals surface area contributed by atoms with E-state index in [0.29, 0.717) is 11.4 Å². The van der Waals surface area contributed by atoms with Gasteiger partial charge in [0.25, 0.3) is 0 Å². The molecule has 2 unspecified atom stereocenters. The average molecular weight is 217 g/mol. The molecule has 2 atom stereocenters. The van der Waals surface area contributed by atoms with Gasteiger partial charge < -0.3 is 16.6 Å². The van der Waals surface area contributed by atoms with Gasteiger partial charge in [0.15, 0.2) is 0 Å². The van der Waals surface area contributed by atoms with Crippen molar-refractivity contribution in [1.29, 1.82) is 0 Å². The molecule has 0 saturated carbocycles. The van der Waals surface area contributed by atoms with Crippen molar-refractivity contribution >= 4 is 5.69 Å². The molecule has 7 N–H and O–H groups in total. The summed E-state index contributed by atoms with van der Waals surface area (Å²) in [5.74, 6) is -0.374. The maximum absolute atomic E-state index is 10.0. The Balaban J connectivity index is 2.43. The van der Waals surface area contributed by atoms with Crippen molar-refractivity contribution in [3.05, 3.63) is 53.8 Å². The highest BCUT2D eigenvalue weighted by atomic mass is 16.3. The van der Waals surface area contributed by atoms with Gasteiger partial charge in [-0.1, -0.05) is 12.1 Å². The number of aliphatic hydroxyl groups is 1. The normalized spacial score (nSPS) is 28.9. The van der Waals surface area contributed by atoms with Crippen molar-refractivity contribution in [2.75, 3.05) is 5.73 Å². The van der Waals surface area contributed by atoms with Crippen LogP contribution in [0.2, 0.25) is 0 Å². The number of hydrogen-bond acceptors (Lipinski definition) is 4. The molecule has 1 aromatic carbocycles. The van der Waals surface area contributed by atoms with Gasteiger partial charge in [0.1, 0.15) is 5.72 Å². The molecule has 0 spiro atoms. The van der Waals surface area contributed by atoms with E-state index in [-0.39, 0.29) is 5.92 Å². The summed E-state index contributed by atoms with van der Waals surface area (Å²) in [4.78, 5) is 0. The lowest BCUT2D eigenvalue weighted by Crippen LogP contribution is -2.44. The van der Waals surface area contributed by atoms with Gasteiger partial charge in [-0.25, -0.2) is 0 Å². The fraction of sp³-hybridized carbons (Fsp3) is 0.167. The molecule has 4 heteroatoms. The van der Waals surface area contributed by atoms with E-state index in [1.165, 1.54) is 6.08 Å². The van der Waals surface area contributed by atoms with E-state index < -0.39 is 5.72 Å². The summed E-state index contributed by atoms with van der Waals surface area (Å²) in [6.07, 6.45) is 4.83. The molecule has 0 amide bonds. The van der Waals surface area contributed by atoms with Gasteiger partial charge in [-0.3, -0.25) is 5.73 Å². The molecule has 1 aliphatic carbocycles. The van der Waals surface area contributed by atoms with E-state index in [0.717, 1.165) is 5.56 Å². The minimum absolute atomic E-state index is 0.374. The molecular weight excluding hydrogens is 202 g/mol. The molecule has 0 aliphatic heterocycles. The molecule has 2 rings (SSSR count). The third kappa shape index (κ3) is 1.93. The van der Waals surface area contributed by atoms with Crippen molar-refractivity contribution in [3.8, 4) is 0 Å². The molecule has 1 aromatic rings. The van der Waals surface area contributed by atoms with Crippen molar-refractivity contribution in [3.63, 3.8) is 0 Å². The Morgan fingerprint density at radius 2 is 2.00 bits per heavy atom. The number of allylic oxidation sites excluding steroid dienone is 1. The monoisotopic (exact) mass is 217 g/mol. The summed E-state index contributed by atoms with van der Waals surface area (Å²) >= 11 is 0. The van der Waals surface area contributed by atoms with Crippen LogP contribution >= 0.6 is 0 Å². The first-order valence-corrected chi connectivity index (χ1v) is 5.02. The van der Waals surface area contributed by atoms with Crippen LogP contribution < -0.4 is 17.2 Å². The number of anilines is 1. The molecule has 16 heavy (non-hydrogen) atoms. The van der Waals surface area contributed by atoms with Gasteiger partial charge in [-0.15, -0.1) is 0 Å². The molecule has 0 radical (unpaired) electrons. The van der Waals surface area contributed by atoms with Crippen LogP contribution in [-0.4, -0.2) is 10.8 Å². The predicted molar refractivity (Wildman–Crippen MR) is 64.1 cm³/mol. The van der Waals surface area contributed by atoms with E-state index in [9.17, 15) is 5.11 Å².